The first-order valence-corrected chi connectivity index (χ1v) is 10.6. The summed E-state index contributed by atoms with van der Waals surface area (Å²) in [4.78, 5) is 34.2. The van der Waals surface area contributed by atoms with E-state index in [1.807, 2.05) is 0 Å². The monoisotopic (exact) mass is 460 g/mol. The number of benzene rings is 1. The number of ether oxygens (including phenoxy) is 4. The van der Waals surface area contributed by atoms with E-state index in [-0.39, 0.29) is 4.90 Å². The minimum atomic E-state index is -4.43. The van der Waals surface area contributed by atoms with Crippen LogP contribution in [0.5, 0.6) is 0 Å². The van der Waals surface area contributed by atoms with Crippen molar-refractivity contribution >= 4 is 28.0 Å². The Morgan fingerprint density at radius 3 is 2.00 bits per heavy atom. The Balaban J connectivity index is 2.39. The molecule has 0 unspecified atom stereocenters. The highest BCUT2D eigenvalue weighted by molar-refractivity contribution is 7.86. The molecule has 0 spiro atoms. The highest BCUT2D eigenvalue weighted by atomic mass is 32.2. The van der Waals surface area contributed by atoms with Crippen molar-refractivity contribution in [3.63, 3.8) is 0 Å². The summed E-state index contributed by atoms with van der Waals surface area (Å²) < 4.78 is 51.0. The smallest absolute Gasteiger partial charge is 0.303 e. The van der Waals surface area contributed by atoms with Crippen molar-refractivity contribution in [2.45, 2.75) is 63.3 Å². The van der Waals surface area contributed by atoms with Crippen LogP contribution in [0, 0.1) is 6.92 Å². The number of carbonyl (C=O) groups is 3. The SMILES string of the molecule is CC(=O)OC[C@@H]1O[C@@H](O)[C@@H](OS(=O)(=O)c2ccc(C)cc2)[C@@H](OC(C)=O)[C@@H]1OC(C)=O. The zero-order valence-electron chi connectivity index (χ0n) is 17.3. The Hall–Kier alpha value is -2.54. The normalized spacial score (nSPS) is 26.0. The summed E-state index contributed by atoms with van der Waals surface area (Å²) in [5, 5.41) is 10.4. The van der Waals surface area contributed by atoms with Gasteiger partial charge in [0.2, 0.25) is 0 Å². The second kappa shape index (κ2) is 10.2. The van der Waals surface area contributed by atoms with Crippen molar-refractivity contribution in [1.82, 2.24) is 0 Å². The molecule has 31 heavy (non-hydrogen) atoms. The summed E-state index contributed by atoms with van der Waals surface area (Å²) in [6.45, 7) is 4.54. The number of aliphatic hydroxyl groups excluding tert-OH is 1. The quantitative estimate of drug-likeness (QED) is 0.338. The molecule has 11 nitrogen and oxygen atoms in total. The summed E-state index contributed by atoms with van der Waals surface area (Å²) >= 11 is 0. The van der Waals surface area contributed by atoms with Gasteiger partial charge in [0.05, 0.1) is 4.90 Å². The number of rotatable bonds is 7. The van der Waals surface area contributed by atoms with E-state index in [0.717, 1.165) is 26.3 Å². The molecule has 5 atom stereocenters. The highest BCUT2D eigenvalue weighted by Crippen LogP contribution is 2.30. The van der Waals surface area contributed by atoms with Gasteiger partial charge in [0.1, 0.15) is 12.7 Å². The molecule has 0 aromatic heterocycles. The van der Waals surface area contributed by atoms with Crippen LogP contribution in [0.3, 0.4) is 0 Å². The van der Waals surface area contributed by atoms with Crippen LogP contribution in [-0.4, -0.2) is 68.7 Å². The molecule has 0 radical (unpaired) electrons. The van der Waals surface area contributed by atoms with Crippen LogP contribution in [0.4, 0.5) is 0 Å². The lowest BCUT2D eigenvalue weighted by Crippen LogP contribution is -2.62. The molecule has 1 aliphatic heterocycles. The van der Waals surface area contributed by atoms with E-state index in [2.05, 4.69) is 0 Å². The average molecular weight is 460 g/mol. The third kappa shape index (κ3) is 6.72. The molecule has 0 saturated carbocycles. The summed E-state index contributed by atoms with van der Waals surface area (Å²) in [5.41, 5.74) is 0.806. The Morgan fingerprint density at radius 1 is 0.935 bits per heavy atom. The fourth-order valence-corrected chi connectivity index (χ4v) is 3.98. The molecular formula is C19H24O11S. The zero-order chi connectivity index (χ0) is 23.3. The minimum Gasteiger partial charge on any atom is -0.463 e. The number of hydrogen-bond donors (Lipinski definition) is 1. The van der Waals surface area contributed by atoms with Gasteiger partial charge in [0.15, 0.2) is 24.6 Å². The third-order valence-electron chi connectivity index (χ3n) is 4.21. The minimum absolute atomic E-state index is 0.210. The van der Waals surface area contributed by atoms with Gasteiger partial charge < -0.3 is 24.1 Å². The van der Waals surface area contributed by atoms with Crippen LogP contribution in [0.25, 0.3) is 0 Å². The molecule has 1 aromatic rings. The molecule has 0 bridgehead atoms. The summed E-state index contributed by atoms with van der Waals surface area (Å²) in [5.74, 6) is -2.34. The van der Waals surface area contributed by atoms with Gasteiger partial charge in [0, 0.05) is 20.8 Å². The van der Waals surface area contributed by atoms with Gasteiger partial charge >= 0.3 is 17.9 Å². The second-order valence-electron chi connectivity index (χ2n) is 6.84. The molecule has 1 fully saturated rings. The number of carbonyl (C=O) groups excluding carboxylic acids is 3. The van der Waals surface area contributed by atoms with Crippen molar-refractivity contribution in [3.05, 3.63) is 29.8 Å². The van der Waals surface area contributed by atoms with Gasteiger partial charge in [-0.15, -0.1) is 0 Å². The van der Waals surface area contributed by atoms with E-state index >= 15 is 0 Å². The lowest BCUT2D eigenvalue weighted by molar-refractivity contribution is -0.287. The predicted octanol–water partition coefficient (Wildman–Crippen LogP) is 0.213. The van der Waals surface area contributed by atoms with Gasteiger partial charge in [0.25, 0.3) is 10.1 Å². The topological polar surface area (TPSA) is 152 Å². The van der Waals surface area contributed by atoms with E-state index in [1.54, 1.807) is 19.1 Å². The first kappa shape index (κ1) is 24.7. The predicted molar refractivity (Wildman–Crippen MR) is 102 cm³/mol. The fourth-order valence-electron chi connectivity index (χ4n) is 2.90. The van der Waals surface area contributed by atoms with Gasteiger partial charge in [-0.2, -0.15) is 8.42 Å². The molecule has 1 aliphatic rings. The molecule has 2 rings (SSSR count). The van der Waals surface area contributed by atoms with Crippen LogP contribution >= 0.6 is 0 Å². The van der Waals surface area contributed by atoms with E-state index in [4.69, 9.17) is 23.1 Å². The number of hydrogen-bond acceptors (Lipinski definition) is 11. The standard InChI is InChI=1S/C19H24O11S/c1-10-5-7-14(8-6-10)31(24,25)30-18-17(28-13(4)22)16(27-12(3)21)15(29-19(18)23)9-26-11(2)20/h5-8,15-19,23H,9H2,1-4H3/t15-,16+,17-,18-,19+/m0/s1. The summed E-state index contributed by atoms with van der Waals surface area (Å²) in [6.07, 6.45) is -7.95. The van der Waals surface area contributed by atoms with Crippen molar-refractivity contribution in [2.75, 3.05) is 6.61 Å². The maximum Gasteiger partial charge on any atom is 0.303 e. The molecule has 0 aliphatic carbocycles. The molecule has 0 amide bonds. The van der Waals surface area contributed by atoms with E-state index in [1.165, 1.54) is 12.1 Å². The lowest BCUT2D eigenvalue weighted by Gasteiger charge is -2.42. The van der Waals surface area contributed by atoms with E-state index in [0.29, 0.717) is 0 Å². The maximum absolute atomic E-state index is 12.7. The molecule has 1 N–H and O–H groups in total. The zero-order valence-corrected chi connectivity index (χ0v) is 18.2. The van der Waals surface area contributed by atoms with Crippen LogP contribution < -0.4 is 0 Å². The first-order valence-electron chi connectivity index (χ1n) is 9.22. The van der Waals surface area contributed by atoms with E-state index < -0.39 is 65.3 Å². The van der Waals surface area contributed by atoms with Crippen LogP contribution in [0.1, 0.15) is 26.3 Å². The van der Waals surface area contributed by atoms with Crippen molar-refractivity contribution in [2.24, 2.45) is 0 Å². The fraction of sp³-hybridized carbons (Fsp3) is 0.526. The van der Waals surface area contributed by atoms with Crippen LogP contribution in [0.15, 0.2) is 29.2 Å². The molecule has 172 valence electrons. The lowest BCUT2D eigenvalue weighted by atomic mass is 9.98. The first-order chi connectivity index (χ1) is 14.4. The maximum atomic E-state index is 12.7. The molecule has 1 saturated heterocycles. The Kier molecular flexibility index (Phi) is 8.12. The largest absolute Gasteiger partial charge is 0.463 e. The number of aliphatic hydroxyl groups is 1. The average Bonchev–Trinajstić information content (AvgIpc) is 2.65. The Morgan fingerprint density at radius 2 is 1.48 bits per heavy atom. The third-order valence-corrected chi connectivity index (χ3v) is 5.54. The number of esters is 3. The highest BCUT2D eigenvalue weighted by Gasteiger charge is 2.52. The molecule has 12 heteroatoms. The van der Waals surface area contributed by atoms with Gasteiger partial charge in [-0.25, -0.2) is 0 Å². The van der Waals surface area contributed by atoms with Gasteiger partial charge in [-0.3, -0.25) is 18.6 Å². The summed E-state index contributed by atoms with van der Waals surface area (Å²) in [7, 11) is -4.43. The van der Waals surface area contributed by atoms with Gasteiger partial charge in [-0.1, -0.05) is 17.7 Å². The van der Waals surface area contributed by atoms with Crippen LogP contribution in [-0.2, 0) is 47.6 Å². The van der Waals surface area contributed by atoms with Crippen molar-refractivity contribution < 1.29 is 51.0 Å². The van der Waals surface area contributed by atoms with Crippen molar-refractivity contribution in [3.8, 4) is 0 Å². The molecule has 1 aromatic carbocycles. The van der Waals surface area contributed by atoms with Gasteiger partial charge in [-0.05, 0) is 19.1 Å². The van der Waals surface area contributed by atoms with Crippen LogP contribution in [0.2, 0.25) is 0 Å². The second-order valence-corrected chi connectivity index (χ2v) is 8.42. The Labute approximate surface area is 179 Å². The molecule has 1 heterocycles. The Bertz CT molecular complexity index is 909. The van der Waals surface area contributed by atoms with Crippen molar-refractivity contribution in [1.29, 1.82) is 0 Å². The van der Waals surface area contributed by atoms with E-state index in [9.17, 15) is 27.9 Å². The molecular weight excluding hydrogens is 436 g/mol. The summed E-state index contributed by atoms with van der Waals surface area (Å²) in [6, 6.07) is 5.69. The number of aryl methyl sites for hydroxylation is 1.